The van der Waals surface area contributed by atoms with Crippen LogP contribution >= 0.6 is 0 Å². The van der Waals surface area contributed by atoms with E-state index >= 15 is 0 Å². The Hall–Kier alpha value is -2.41. The zero-order valence-electron chi connectivity index (χ0n) is 12.4. The van der Waals surface area contributed by atoms with E-state index in [1.54, 1.807) is 18.0 Å². The zero-order valence-corrected chi connectivity index (χ0v) is 12.4. The molecule has 1 fully saturated rings. The lowest BCUT2D eigenvalue weighted by molar-refractivity contribution is 0.503. The van der Waals surface area contributed by atoms with Crippen LogP contribution in [-0.2, 0) is 11.8 Å². The van der Waals surface area contributed by atoms with E-state index in [1.165, 1.54) is 31.2 Å². The smallest absolute Gasteiger partial charge is 0.182 e. The van der Waals surface area contributed by atoms with Crippen molar-refractivity contribution in [1.82, 2.24) is 9.97 Å². The van der Waals surface area contributed by atoms with Gasteiger partial charge in [0.2, 0.25) is 0 Å². The molecule has 0 saturated heterocycles. The van der Waals surface area contributed by atoms with Crippen LogP contribution in [0.2, 0.25) is 0 Å². The molecule has 0 amide bonds. The second kappa shape index (κ2) is 5.10. The molecule has 2 aliphatic rings. The number of anilines is 1. The van der Waals surface area contributed by atoms with Gasteiger partial charge >= 0.3 is 0 Å². The maximum Gasteiger partial charge on any atom is 0.182 e. The summed E-state index contributed by atoms with van der Waals surface area (Å²) in [6, 6.07) is 11.0. The quantitative estimate of drug-likeness (QED) is 0.943. The molecule has 1 heterocycles. The molecule has 2 atom stereocenters. The van der Waals surface area contributed by atoms with Crippen molar-refractivity contribution in [2.24, 2.45) is 5.92 Å². The summed E-state index contributed by atoms with van der Waals surface area (Å²) in [7, 11) is 0. The molecule has 1 saturated carbocycles. The lowest BCUT2D eigenvalue weighted by Gasteiger charge is -2.26. The van der Waals surface area contributed by atoms with Gasteiger partial charge in [0.1, 0.15) is 6.07 Å². The minimum atomic E-state index is 0.358. The molecular weight excluding hydrogens is 272 g/mol. The predicted octanol–water partition coefficient (Wildman–Crippen LogP) is 3.05. The largest absolute Gasteiger partial charge is 0.367 e. The number of rotatable bonds is 3. The number of hydrogen-bond acceptors (Lipinski definition) is 4. The zero-order chi connectivity index (χ0) is 15.0. The predicted molar refractivity (Wildman–Crippen MR) is 84.4 cm³/mol. The number of aryl methyl sites for hydroxylation is 1. The summed E-state index contributed by atoms with van der Waals surface area (Å²) in [6.07, 6.45) is 8.19. The highest BCUT2D eigenvalue weighted by Gasteiger charge is 2.55. The van der Waals surface area contributed by atoms with Gasteiger partial charge in [-0.3, -0.25) is 0 Å². The Balaban J connectivity index is 1.51. The van der Waals surface area contributed by atoms with Crippen LogP contribution in [0.4, 0.5) is 5.82 Å². The molecule has 2 unspecified atom stereocenters. The maximum atomic E-state index is 9.08. The van der Waals surface area contributed by atoms with Crippen molar-refractivity contribution < 1.29 is 0 Å². The fraction of sp³-hybridized carbons (Fsp3) is 0.389. The standard InChI is InChI=1S/C18H18N4/c19-11-16-17(21-9-8-20-16)22-12-14-10-18(14)7-3-5-13-4-1-2-6-15(13)18/h1-2,4,6,8-9,14H,3,5,7,10,12H2,(H,21,22). The first kappa shape index (κ1) is 13.3. The highest BCUT2D eigenvalue weighted by molar-refractivity contribution is 5.48. The van der Waals surface area contributed by atoms with E-state index in [9.17, 15) is 0 Å². The molecule has 4 rings (SSSR count). The highest BCUT2D eigenvalue weighted by Crippen LogP contribution is 2.60. The highest BCUT2D eigenvalue weighted by atomic mass is 15.0. The topological polar surface area (TPSA) is 61.6 Å². The minimum Gasteiger partial charge on any atom is -0.367 e. The van der Waals surface area contributed by atoms with Crippen LogP contribution in [0, 0.1) is 17.2 Å². The molecule has 0 aliphatic heterocycles. The summed E-state index contributed by atoms with van der Waals surface area (Å²) >= 11 is 0. The van der Waals surface area contributed by atoms with Crippen molar-refractivity contribution in [2.75, 3.05) is 11.9 Å². The van der Waals surface area contributed by atoms with Crippen LogP contribution in [0.3, 0.4) is 0 Å². The SMILES string of the molecule is N#Cc1nccnc1NCC1CC12CCCc1ccccc12. The van der Waals surface area contributed by atoms with Crippen molar-refractivity contribution in [3.05, 3.63) is 53.5 Å². The van der Waals surface area contributed by atoms with Crippen molar-refractivity contribution in [3.8, 4) is 6.07 Å². The average molecular weight is 290 g/mol. The molecule has 1 aromatic carbocycles. The Bertz CT molecular complexity index is 749. The van der Waals surface area contributed by atoms with Gasteiger partial charge in [0, 0.05) is 24.4 Å². The Morgan fingerprint density at radius 3 is 3.05 bits per heavy atom. The normalized spacial score (nSPS) is 25.3. The molecule has 22 heavy (non-hydrogen) atoms. The summed E-state index contributed by atoms with van der Waals surface area (Å²) in [5.41, 5.74) is 3.80. The second-order valence-electron chi connectivity index (χ2n) is 6.31. The van der Waals surface area contributed by atoms with Crippen molar-refractivity contribution in [1.29, 1.82) is 5.26 Å². The monoisotopic (exact) mass is 290 g/mol. The number of benzene rings is 1. The van der Waals surface area contributed by atoms with Gasteiger partial charge in [-0.25, -0.2) is 9.97 Å². The van der Waals surface area contributed by atoms with Crippen LogP contribution in [0.5, 0.6) is 0 Å². The van der Waals surface area contributed by atoms with Crippen molar-refractivity contribution in [2.45, 2.75) is 31.1 Å². The van der Waals surface area contributed by atoms with Gasteiger partial charge < -0.3 is 5.32 Å². The van der Waals surface area contributed by atoms with Crippen LogP contribution < -0.4 is 5.32 Å². The Kier molecular flexibility index (Phi) is 3.07. The Morgan fingerprint density at radius 2 is 2.14 bits per heavy atom. The fourth-order valence-electron chi connectivity index (χ4n) is 4.01. The summed E-state index contributed by atoms with van der Waals surface area (Å²) in [4.78, 5) is 8.28. The summed E-state index contributed by atoms with van der Waals surface area (Å²) in [6.45, 7) is 0.863. The molecule has 4 nitrogen and oxygen atoms in total. The van der Waals surface area contributed by atoms with E-state index in [-0.39, 0.29) is 0 Å². The number of nitriles is 1. The van der Waals surface area contributed by atoms with Gasteiger partial charge in [-0.2, -0.15) is 5.26 Å². The first-order chi connectivity index (χ1) is 10.8. The molecule has 0 radical (unpaired) electrons. The molecule has 4 heteroatoms. The molecule has 0 bridgehead atoms. The van der Waals surface area contributed by atoms with E-state index in [1.807, 2.05) is 0 Å². The van der Waals surface area contributed by atoms with Gasteiger partial charge in [-0.05, 0) is 42.7 Å². The number of aromatic nitrogens is 2. The summed E-state index contributed by atoms with van der Waals surface area (Å²) < 4.78 is 0. The molecular formula is C18H18N4. The molecule has 1 aromatic heterocycles. The fourth-order valence-corrected chi connectivity index (χ4v) is 4.01. The Morgan fingerprint density at radius 1 is 1.27 bits per heavy atom. The number of fused-ring (bicyclic) bond motifs is 2. The second-order valence-corrected chi connectivity index (χ2v) is 6.31. The van der Waals surface area contributed by atoms with Gasteiger partial charge in [0.15, 0.2) is 11.5 Å². The number of hydrogen-bond donors (Lipinski definition) is 1. The van der Waals surface area contributed by atoms with Crippen LogP contribution in [0.25, 0.3) is 0 Å². The maximum absolute atomic E-state index is 9.08. The molecule has 2 aromatic rings. The van der Waals surface area contributed by atoms with Crippen molar-refractivity contribution in [3.63, 3.8) is 0 Å². The van der Waals surface area contributed by atoms with Crippen LogP contribution in [0.15, 0.2) is 36.7 Å². The third-order valence-electron chi connectivity index (χ3n) is 5.17. The summed E-state index contributed by atoms with van der Waals surface area (Å²) in [5, 5.41) is 12.4. The van der Waals surface area contributed by atoms with E-state index in [2.05, 4.69) is 45.6 Å². The average Bonchev–Trinajstić information content (AvgIpc) is 3.27. The first-order valence-electron chi connectivity index (χ1n) is 7.87. The van der Waals surface area contributed by atoms with E-state index < -0.39 is 0 Å². The minimum absolute atomic E-state index is 0.358. The van der Waals surface area contributed by atoms with Crippen molar-refractivity contribution >= 4 is 5.82 Å². The van der Waals surface area contributed by atoms with E-state index in [4.69, 9.17) is 5.26 Å². The lowest BCUT2D eigenvalue weighted by Crippen LogP contribution is -2.21. The molecule has 1 N–H and O–H groups in total. The third-order valence-corrected chi connectivity index (χ3v) is 5.17. The van der Waals surface area contributed by atoms with Gasteiger partial charge in [-0.1, -0.05) is 24.3 Å². The van der Waals surface area contributed by atoms with Gasteiger partial charge in [0.05, 0.1) is 0 Å². The van der Waals surface area contributed by atoms with Crippen LogP contribution in [0.1, 0.15) is 36.1 Å². The number of nitrogens with zero attached hydrogens (tertiary/aromatic N) is 3. The van der Waals surface area contributed by atoms with Crippen LogP contribution in [-0.4, -0.2) is 16.5 Å². The summed E-state index contributed by atoms with van der Waals surface area (Å²) in [5.74, 6) is 1.23. The van der Waals surface area contributed by atoms with E-state index in [0.717, 1.165) is 6.54 Å². The molecule has 110 valence electrons. The third kappa shape index (κ3) is 2.05. The molecule has 1 spiro atoms. The van der Waals surface area contributed by atoms with Gasteiger partial charge in [0.25, 0.3) is 0 Å². The lowest BCUT2D eigenvalue weighted by atomic mass is 9.78. The molecule has 2 aliphatic carbocycles. The Labute approximate surface area is 130 Å². The number of nitrogens with one attached hydrogen (secondary N) is 1. The first-order valence-corrected chi connectivity index (χ1v) is 7.87. The van der Waals surface area contributed by atoms with Gasteiger partial charge in [-0.15, -0.1) is 0 Å². The van der Waals surface area contributed by atoms with E-state index in [0.29, 0.717) is 22.8 Å².